The molecule has 2 aromatic heterocycles. The summed E-state index contributed by atoms with van der Waals surface area (Å²) in [5.41, 5.74) is 1.66. The average molecular weight is 358 g/mol. The van der Waals surface area contributed by atoms with Crippen LogP contribution in [0.4, 0.5) is 4.39 Å². The number of carbonyl (C=O) groups is 1. The first-order valence-corrected chi connectivity index (χ1v) is 8.82. The maximum Gasteiger partial charge on any atom is 0.234 e. The number of carbonyl (C=O) groups excluding carboxylic acids is 1. The molecule has 0 radical (unpaired) electrons. The van der Waals surface area contributed by atoms with Crippen molar-refractivity contribution < 1.29 is 13.6 Å². The van der Waals surface area contributed by atoms with E-state index in [2.05, 4.69) is 10.3 Å². The number of hydrogen-bond acceptors (Lipinski definition) is 5. The van der Waals surface area contributed by atoms with E-state index in [4.69, 9.17) is 4.42 Å². The van der Waals surface area contributed by atoms with Crippen LogP contribution in [0.2, 0.25) is 0 Å². The largest absolute Gasteiger partial charge is 0.467 e. The first-order chi connectivity index (χ1) is 12.2. The lowest BCUT2D eigenvalue weighted by Gasteiger charge is -2.20. The number of hydrogen-bond donors (Lipinski definition) is 0. The van der Waals surface area contributed by atoms with Gasteiger partial charge < -0.3 is 9.32 Å². The van der Waals surface area contributed by atoms with Gasteiger partial charge in [0, 0.05) is 0 Å². The molecular weight excluding hydrogens is 343 g/mol. The Bertz CT molecular complexity index is 863. The molecular formula is C17H15FN4O2S. The normalized spacial score (nSPS) is 17.4. The molecule has 0 N–H and O–H groups in total. The summed E-state index contributed by atoms with van der Waals surface area (Å²) < 4.78 is 20.0. The predicted octanol–water partition coefficient (Wildman–Crippen LogP) is 2.83. The lowest BCUT2D eigenvalue weighted by molar-refractivity contribution is -0.128. The topological polar surface area (TPSA) is 64.2 Å². The maximum atomic E-state index is 13.0. The second-order valence-electron chi connectivity index (χ2n) is 5.73. The summed E-state index contributed by atoms with van der Waals surface area (Å²) in [5, 5.41) is 8.17. The Hall–Kier alpha value is -2.61. The van der Waals surface area contributed by atoms with Crippen molar-refractivity contribution in [3.63, 3.8) is 0 Å². The Morgan fingerprint density at radius 1 is 1.24 bits per heavy atom. The molecule has 1 aliphatic heterocycles. The number of rotatable bonds is 5. The summed E-state index contributed by atoms with van der Waals surface area (Å²) in [7, 11) is 0. The molecule has 25 heavy (non-hydrogen) atoms. The molecule has 0 aliphatic carbocycles. The Labute approximate surface area is 147 Å². The van der Waals surface area contributed by atoms with Crippen LogP contribution < -0.4 is 0 Å². The van der Waals surface area contributed by atoms with E-state index in [0.29, 0.717) is 18.8 Å². The van der Waals surface area contributed by atoms with Gasteiger partial charge in [0.15, 0.2) is 0 Å². The monoisotopic (exact) mass is 358 g/mol. The molecule has 1 aliphatic rings. The Kier molecular flexibility index (Phi) is 4.27. The summed E-state index contributed by atoms with van der Waals surface area (Å²) in [6, 6.07) is 9.92. The SMILES string of the molecule is O=C1CSC(c2cn(Cc3ccc(F)cc3)nn2)N1Cc1ccco1. The average Bonchev–Trinajstić information content (AvgIpc) is 3.34. The zero-order chi connectivity index (χ0) is 17.2. The lowest BCUT2D eigenvalue weighted by atomic mass is 10.2. The van der Waals surface area contributed by atoms with Crippen molar-refractivity contribution in [1.82, 2.24) is 19.9 Å². The van der Waals surface area contributed by atoms with Crippen LogP contribution in [-0.2, 0) is 17.9 Å². The van der Waals surface area contributed by atoms with Crippen LogP contribution in [0.25, 0.3) is 0 Å². The van der Waals surface area contributed by atoms with Crippen LogP contribution in [0.15, 0.2) is 53.3 Å². The summed E-state index contributed by atoms with van der Waals surface area (Å²) >= 11 is 1.52. The number of thioether (sulfide) groups is 1. The Balaban J connectivity index is 1.50. The molecule has 8 heteroatoms. The van der Waals surface area contributed by atoms with Crippen LogP contribution in [0.1, 0.15) is 22.4 Å². The summed E-state index contributed by atoms with van der Waals surface area (Å²) in [6.45, 7) is 0.908. The first-order valence-electron chi connectivity index (χ1n) is 7.77. The fraction of sp³-hybridized carbons (Fsp3) is 0.235. The zero-order valence-corrected chi connectivity index (χ0v) is 14.0. The van der Waals surface area contributed by atoms with Gasteiger partial charge in [0.05, 0.1) is 31.3 Å². The first kappa shape index (κ1) is 15.9. The number of benzene rings is 1. The van der Waals surface area contributed by atoms with Gasteiger partial charge in [0.2, 0.25) is 5.91 Å². The van der Waals surface area contributed by atoms with Crippen LogP contribution in [0.5, 0.6) is 0 Å². The molecule has 0 saturated carbocycles. The highest BCUT2D eigenvalue weighted by Gasteiger charge is 2.35. The molecule has 6 nitrogen and oxygen atoms in total. The highest BCUT2D eigenvalue weighted by Crippen LogP contribution is 2.38. The van der Waals surface area contributed by atoms with Crippen molar-refractivity contribution in [1.29, 1.82) is 0 Å². The van der Waals surface area contributed by atoms with Crippen LogP contribution >= 0.6 is 11.8 Å². The van der Waals surface area contributed by atoms with Gasteiger partial charge in [-0.2, -0.15) is 0 Å². The highest BCUT2D eigenvalue weighted by atomic mass is 32.2. The smallest absolute Gasteiger partial charge is 0.234 e. The molecule has 0 spiro atoms. The van der Waals surface area contributed by atoms with E-state index in [1.807, 2.05) is 12.3 Å². The maximum absolute atomic E-state index is 13.0. The van der Waals surface area contributed by atoms with E-state index in [9.17, 15) is 9.18 Å². The summed E-state index contributed by atoms with van der Waals surface area (Å²) in [6.07, 6.45) is 3.42. The van der Waals surface area contributed by atoms with Crippen molar-refractivity contribution in [2.75, 3.05) is 5.75 Å². The van der Waals surface area contributed by atoms with Crippen molar-refractivity contribution in [3.8, 4) is 0 Å². The summed E-state index contributed by atoms with van der Waals surface area (Å²) in [4.78, 5) is 13.9. The van der Waals surface area contributed by atoms with E-state index < -0.39 is 0 Å². The van der Waals surface area contributed by atoms with Crippen LogP contribution in [0, 0.1) is 5.82 Å². The predicted molar refractivity (Wildman–Crippen MR) is 90.0 cm³/mol. The molecule has 128 valence electrons. The van der Waals surface area contributed by atoms with Crippen molar-refractivity contribution in [2.45, 2.75) is 18.5 Å². The molecule has 3 heterocycles. The van der Waals surface area contributed by atoms with Gasteiger partial charge in [-0.15, -0.1) is 16.9 Å². The third kappa shape index (κ3) is 3.43. The van der Waals surface area contributed by atoms with Gasteiger partial charge in [-0.05, 0) is 29.8 Å². The van der Waals surface area contributed by atoms with Gasteiger partial charge in [0.25, 0.3) is 0 Å². The van der Waals surface area contributed by atoms with Crippen LogP contribution in [0.3, 0.4) is 0 Å². The molecule has 1 amide bonds. The lowest BCUT2D eigenvalue weighted by Crippen LogP contribution is -2.27. The molecule has 1 atom stereocenters. The minimum Gasteiger partial charge on any atom is -0.467 e. The van der Waals surface area contributed by atoms with E-state index in [-0.39, 0.29) is 17.1 Å². The summed E-state index contributed by atoms with van der Waals surface area (Å²) in [5.74, 6) is 0.937. The van der Waals surface area contributed by atoms with Crippen molar-refractivity contribution in [3.05, 3.63) is 71.7 Å². The number of nitrogens with zero attached hydrogens (tertiary/aromatic N) is 4. The fourth-order valence-corrected chi connectivity index (χ4v) is 3.84. The van der Waals surface area contributed by atoms with Gasteiger partial charge in [0.1, 0.15) is 22.6 Å². The minimum absolute atomic E-state index is 0.0551. The molecule has 0 bridgehead atoms. The molecule has 1 saturated heterocycles. The fourth-order valence-electron chi connectivity index (χ4n) is 2.72. The highest BCUT2D eigenvalue weighted by molar-refractivity contribution is 8.00. The second-order valence-corrected chi connectivity index (χ2v) is 6.80. The third-order valence-electron chi connectivity index (χ3n) is 3.94. The number of aromatic nitrogens is 3. The molecule has 1 unspecified atom stereocenters. The quantitative estimate of drug-likeness (QED) is 0.702. The Morgan fingerprint density at radius 2 is 2.08 bits per heavy atom. The standard InChI is InChI=1S/C17H15FN4O2S/c18-13-5-3-12(4-6-13)8-21-10-15(19-20-21)17-22(16(23)11-25-17)9-14-2-1-7-24-14/h1-7,10,17H,8-9,11H2. The van der Waals surface area contributed by atoms with Gasteiger partial charge in [-0.25, -0.2) is 9.07 Å². The van der Waals surface area contributed by atoms with Crippen molar-refractivity contribution in [2.24, 2.45) is 0 Å². The van der Waals surface area contributed by atoms with Gasteiger partial charge in [-0.1, -0.05) is 17.3 Å². The van der Waals surface area contributed by atoms with E-state index in [0.717, 1.165) is 17.0 Å². The molecule has 1 aromatic carbocycles. The van der Waals surface area contributed by atoms with Gasteiger partial charge >= 0.3 is 0 Å². The van der Waals surface area contributed by atoms with Crippen molar-refractivity contribution >= 4 is 17.7 Å². The number of furan rings is 1. The van der Waals surface area contributed by atoms with Gasteiger partial charge in [-0.3, -0.25) is 4.79 Å². The Morgan fingerprint density at radius 3 is 2.84 bits per heavy atom. The second kappa shape index (κ2) is 6.72. The molecule has 3 aromatic rings. The molecule has 1 fully saturated rings. The number of amides is 1. The van der Waals surface area contributed by atoms with E-state index >= 15 is 0 Å². The van der Waals surface area contributed by atoms with E-state index in [1.54, 1.807) is 34.0 Å². The number of halogens is 1. The van der Waals surface area contributed by atoms with Crippen LogP contribution in [-0.4, -0.2) is 31.6 Å². The third-order valence-corrected chi connectivity index (χ3v) is 5.17. The zero-order valence-electron chi connectivity index (χ0n) is 13.2. The molecule has 4 rings (SSSR count). The minimum atomic E-state index is -0.266. The van der Waals surface area contributed by atoms with E-state index in [1.165, 1.54) is 23.9 Å².